The summed E-state index contributed by atoms with van der Waals surface area (Å²) in [5.41, 5.74) is 2.22. The van der Waals surface area contributed by atoms with E-state index in [0.29, 0.717) is 58.4 Å². The standard InChI is InChI=1S/C27H23NO6/c1-16-25(18-6-4-3-5-7-18)26(29)21-10-9-20(15-23(21)34-16)33-17(2)27(30)28-19-8-11-22-24(14-19)32-13-12-31-22/h3-11,14-15,17H,12-13H2,1-2H3,(H,28,30)/t17-/m0/s1. The van der Waals surface area contributed by atoms with Gasteiger partial charge in [-0.25, -0.2) is 0 Å². The lowest BCUT2D eigenvalue weighted by atomic mass is 10.0. The number of aryl methyl sites for hydroxylation is 1. The summed E-state index contributed by atoms with van der Waals surface area (Å²) >= 11 is 0. The van der Waals surface area contributed by atoms with E-state index >= 15 is 0 Å². The minimum absolute atomic E-state index is 0.110. The zero-order valence-electron chi connectivity index (χ0n) is 18.8. The van der Waals surface area contributed by atoms with Crippen molar-refractivity contribution in [2.75, 3.05) is 18.5 Å². The van der Waals surface area contributed by atoms with Crippen molar-refractivity contribution in [1.82, 2.24) is 0 Å². The lowest BCUT2D eigenvalue weighted by Crippen LogP contribution is -2.30. The number of rotatable bonds is 5. The molecule has 0 bridgehead atoms. The number of fused-ring (bicyclic) bond motifs is 2. The second-order valence-electron chi connectivity index (χ2n) is 7.99. The maximum atomic E-state index is 13.1. The monoisotopic (exact) mass is 457 g/mol. The predicted molar refractivity (Wildman–Crippen MR) is 129 cm³/mol. The number of benzene rings is 3. The zero-order valence-corrected chi connectivity index (χ0v) is 18.8. The first-order chi connectivity index (χ1) is 16.5. The average Bonchev–Trinajstić information content (AvgIpc) is 2.84. The van der Waals surface area contributed by atoms with Crippen molar-refractivity contribution in [3.63, 3.8) is 0 Å². The van der Waals surface area contributed by atoms with Crippen LogP contribution >= 0.6 is 0 Å². The minimum atomic E-state index is -0.790. The first kappa shape index (κ1) is 21.6. The molecule has 1 N–H and O–H groups in total. The molecule has 34 heavy (non-hydrogen) atoms. The van der Waals surface area contributed by atoms with Crippen molar-refractivity contribution < 1.29 is 23.4 Å². The molecule has 7 nitrogen and oxygen atoms in total. The van der Waals surface area contributed by atoms with Crippen molar-refractivity contribution >= 4 is 22.6 Å². The number of hydrogen-bond acceptors (Lipinski definition) is 6. The smallest absolute Gasteiger partial charge is 0.265 e. The SMILES string of the molecule is Cc1oc2cc(O[C@@H](C)C(=O)Nc3ccc4c(c3)OCCO4)ccc2c(=O)c1-c1ccccc1. The number of anilines is 1. The summed E-state index contributed by atoms with van der Waals surface area (Å²) in [4.78, 5) is 25.8. The molecule has 4 aromatic rings. The number of amides is 1. The van der Waals surface area contributed by atoms with Gasteiger partial charge in [0.2, 0.25) is 5.43 Å². The van der Waals surface area contributed by atoms with Gasteiger partial charge < -0.3 is 23.9 Å². The van der Waals surface area contributed by atoms with Crippen LogP contribution < -0.4 is 25.0 Å². The van der Waals surface area contributed by atoms with E-state index in [1.807, 2.05) is 30.3 Å². The van der Waals surface area contributed by atoms with Gasteiger partial charge in [0.25, 0.3) is 5.91 Å². The highest BCUT2D eigenvalue weighted by atomic mass is 16.6. The van der Waals surface area contributed by atoms with Gasteiger partial charge in [0.1, 0.15) is 30.3 Å². The molecular formula is C27H23NO6. The van der Waals surface area contributed by atoms with Crippen LogP contribution in [0.4, 0.5) is 5.69 Å². The lowest BCUT2D eigenvalue weighted by Gasteiger charge is -2.20. The summed E-state index contributed by atoms with van der Waals surface area (Å²) in [7, 11) is 0. The molecule has 0 radical (unpaired) electrons. The molecule has 1 atom stereocenters. The van der Waals surface area contributed by atoms with Gasteiger partial charge >= 0.3 is 0 Å². The van der Waals surface area contributed by atoms with Crippen LogP contribution in [0.2, 0.25) is 0 Å². The van der Waals surface area contributed by atoms with Gasteiger partial charge in [-0.2, -0.15) is 0 Å². The molecule has 1 aliphatic heterocycles. The van der Waals surface area contributed by atoms with Crippen molar-refractivity contribution in [2.24, 2.45) is 0 Å². The normalized spacial score (nSPS) is 13.4. The molecule has 3 aromatic carbocycles. The molecule has 5 rings (SSSR count). The molecule has 1 aliphatic rings. The first-order valence-electron chi connectivity index (χ1n) is 11.0. The summed E-state index contributed by atoms with van der Waals surface area (Å²) in [6.07, 6.45) is -0.790. The van der Waals surface area contributed by atoms with E-state index in [1.54, 1.807) is 50.2 Å². The summed E-state index contributed by atoms with van der Waals surface area (Å²) in [5, 5.41) is 3.27. The van der Waals surface area contributed by atoms with Crippen molar-refractivity contribution in [3.05, 3.63) is 82.7 Å². The Morgan fingerprint density at radius 3 is 2.53 bits per heavy atom. The molecule has 0 spiro atoms. The number of carbonyl (C=O) groups is 1. The third-order valence-corrected chi connectivity index (χ3v) is 5.59. The Kier molecular flexibility index (Phi) is 5.67. The Labute approximate surface area is 195 Å². The molecule has 172 valence electrons. The van der Waals surface area contributed by atoms with Gasteiger partial charge in [0.05, 0.1) is 10.9 Å². The van der Waals surface area contributed by atoms with Crippen LogP contribution in [0.5, 0.6) is 17.2 Å². The van der Waals surface area contributed by atoms with E-state index in [4.69, 9.17) is 18.6 Å². The topological polar surface area (TPSA) is 87.0 Å². The fourth-order valence-corrected chi connectivity index (χ4v) is 3.92. The highest BCUT2D eigenvalue weighted by molar-refractivity contribution is 5.94. The maximum absolute atomic E-state index is 13.1. The second kappa shape index (κ2) is 8.94. The van der Waals surface area contributed by atoms with Crippen LogP contribution in [0.25, 0.3) is 22.1 Å². The lowest BCUT2D eigenvalue weighted by molar-refractivity contribution is -0.122. The number of carbonyl (C=O) groups excluding carboxylic acids is 1. The number of ether oxygens (including phenoxy) is 3. The Balaban J connectivity index is 1.34. The van der Waals surface area contributed by atoms with E-state index in [1.165, 1.54) is 0 Å². The van der Waals surface area contributed by atoms with Crippen molar-refractivity contribution in [3.8, 4) is 28.4 Å². The van der Waals surface area contributed by atoms with E-state index in [9.17, 15) is 9.59 Å². The fourth-order valence-electron chi connectivity index (χ4n) is 3.92. The average molecular weight is 457 g/mol. The van der Waals surface area contributed by atoms with Gasteiger partial charge in [0.15, 0.2) is 17.6 Å². The fraction of sp³-hybridized carbons (Fsp3) is 0.185. The molecule has 0 aliphatic carbocycles. The van der Waals surface area contributed by atoms with Gasteiger partial charge in [-0.1, -0.05) is 30.3 Å². The van der Waals surface area contributed by atoms with Crippen LogP contribution in [0.1, 0.15) is 12.7 Å². The van der Waals surface area contributed by atoms with Crippen molar-refractivity contribution in [1.29, 1.82) is 0 Å². The second-order valence-corrected chi connectivity index (χ2v) is 7.99. The van der Waals surface area contributed by atoms with Gasteiger partial charge in [-0.15, -0.1) is 0 Å². The van der Waals surface area contributed by atoms with E-state index in [2.05, 4.69) is 5.32 Å². The predicted octanol–water partition coefficient (Wildman–Crippen LogP) is 4.95. The van der Waals surface area contributed by atoms with Crippen LogP contribution in [0, 0.1) is 6.92 Å². The van der Waals surface area contributed by atoms with Crippen LogP contribution in [0.15, 0.2) is 75.9 Å². The largest absolute Gasteiger partial charge is 0.486 e. The van der Waals surface area contributed by atoms with Gasteiger partial charge in [0, 0.05) is 17.8 Å². The maximum Gasteiger partial charge on any atom is 0.265 e. The highest BCUT2D eigenvalue weighted by Crippen LogP contribution is 2.33. The molecule has 1 aromatic heterocycles. The molecule has 0 saturated carbocycles. The molecule has 2 heterocycles. The van der Waals surface area contributed by atoms with Gasteiger partial charge in [-0.3, -0.25) is 9.59 Å². The summed E-state index contributed by atoms with van der Waals surface area (Å²) in [6, 6.07) is 19.6. The molecule has 1 amide bonds. The quantitative estimate of drug-likeness (QED) is 0.457. The van der Waals surface area contributed by atoms with E-state index < -0.39 is 6.10 Å². The summed E-state index contributed by atoms with van der Waals surface area (Å²) in [6.45, 7) is 4.38. The highest BCUT2D eigenvalue weighted by Gasteiger charge is 2.19. The zero-order chi connectivity index (χ0) is 23.7. The van der Waals surface area contributed by atoms with E-state index in [0.717, 1.165) is 5.56 Å². The minimum Gasteiger partial charge on any atom is -0.486 e. The molecular weight excluding hydrogens is 434 g/mol. The van der Waals surface area contributed by atoms with E-state index in [-0.39, 0.29) is 11.3 Å². The van der Waals surface area contributed by atoms with Crippen LogP contribution in [-0.2, 0) is 4.79 Å². The Hall–Kier alpha value is -4.26. The Bertz CT molecular complexity index is 1430. The molecule has 0 saturated heterocycles. The summed E-state index contributed by atoms with van der Waals surface area (Å²) < 4.78 is 22.8. The van der Waals surface area contributed by atoms with Gasteiger partial charge in [-0.05, 0) is 43.7 Å². The summed E-state index contributed by atoms with van der Waals surface area (Å²) in [5.74, 6) is 1.86. The molecule has 7 heteroatoms. The van der Waals surface area contributed by atoms with Crippen molar-refractivity contribution in [2.45, 2.75) is 20.0 Å². The van der Waals surface area contributed by atoms with Crippen LogP contribution in [0.3, 0.4) is 0 Å². The third kappa shape index (κ3) is 4.20. The third-order valence-electron chi connectivity index (χ3n) is 5.59. The number of nitrogens with one attached hydrogen (secondary N) is 1. The van der Waals surface area contributed by atoms with Crippen LogP contribution in [-0.4, -0.2) is 25.2 Å². The molecule has 0 fully saturated rings. The number of hydrogen-bond donors (Lipinski definition) is 1. The first-order valence-corrected chi connectivity index (χ1v) is 11.0. The Morgan fingerprint density at radius 1 is 0.971 bits per heavy atom. The molecule has 0 unspecified atom stereocenters. The Morgan fingerprint density at radius 2 is 1.74 bits per heavy atom.